The Kier molecular flexibility index (Phi) is 3.47. The Morgan fingerprint density at radius 2 is 1.81 bits per heavy atom. The van der Waals surface area contributed by atoms with E-state index < -0.39 is 0 Å². The summed E-state index contributed by atoms with van der Waals surface area (Å²) < 4.78 is 5.08. The lowest BCUT2D eigenvalue weighted by molar-refractivity contribution is 0.262. The number of carbonyl (C=O) groups is 1. The molecule has 21 heavy (non-hydrogen) atoms. The van der Waals surface area contributed by atoms with E-state index in [1.807, 2.05) is 24.3 Å². The number of fused-ring (bicyclic) bond motifs is 1. The topological polar surface area (TPSA) is 66.2 Å². The van der Waals surface area contributed by atoms with Crippen LogP contribution in [0.15, 0.2) is 54.7 Å². The molecule has 0 radical (unpaired) electrons. The average Bonchev–Trinajstić information content (AvgIpc) is 2.91. The number of hydrogen-bond donors (Lipinski definition) is 3. The van der Waals surface area contributed by atoms with Crippen LogP contribution in [0.4, 0.5) is 16.2 Å². The number of hydrogen-bond acceptors (Lipinski definition) is 2. The SMILES string of the molecule is COc1ccc(NC(=O)Nc2c[nH]c3ccccc23)cc1. The Hall–Kier alpha value is -2.95. The molecule has 0 bridgehead atoms. The zero-order valence-corrected chi connectivity index (χ0v) is 11.5. The number of ether oxygens (including phenoxy) is 1. The molecule has 2 amide bonds. The quantitative estimate of drug-likeness (QED) is 0.683. The van der Waals surface area contributed by atoms with E-state index in [-0.39, 0.29) is 6.03 Å². The third-order valence-electron chi connectivity index (χ3n) is 3.19. The van der Waals surface area contributed by atoms with Crippen LogP contribution >= 0.6 is 0 Å². The highest BCUT2D eigenvalue weighted by atomic mass is 16.5. The molecule has 0 spiro atoms. The predicted octanol–water partition coefficient (Wildman–Crippen LogP) is 3.82. The summed E-state index contributed by atoms with van der Waals surface area (Å²) in [5, 5.41) is 6.58. The van der Waals surface area contributed by atoms with Gasteiger partial charge in [-0.2, -0.15) is 0 Å². The van der Waals surface area contributed by atoms with E-state index in [1.165, 1.54) is 0 Å². The molecule has 5 nitrogen and oxygen atoms in total. The fourth-order valence-corrected chi connectivity index (χ4v) is 2.13. The van der Waals surface area contributed by atoms with Crippen LogP contribution in [0.3, 0.4) is 0 Å². The number of amides is 2. The first-order chi connectivity index (χ1) is 10.3. The van der Waals surface area contributed by atoms with Crippen molar-refractivity contribution in [2.45, 2.75) is 0 Å². The van der Waals surface area contributed by atoms with E-state index in [1.54, 1.807) is 37.6 Å². The summed E-state index contributed by atoms with van der Waals surface area (Å²) in [4.78, 5) is 15.1. The first-order valence-electron chi connectivity index (χ1n) is 6.54. The van der Waals surface area contributed by atoms with E-state index >= 15 is 0 Å². The summed E-state index contributed by atoms with van der Waals surface area (Å²) >= 11 is 0. The van der Waals surface area contributed by atoms with Crippen molar-refractivity contribution in [1.82, 2.24) is 4.98 Å². The third-order valence-corrected chi connectivity index (χ3v) is 3.19. The van der Waals surface area contributed by atoms with Gasteiger partial charge in [0.05, 0.1) is 12.8 Å². The zero-order chi connectivity index (χ0) is 14.7. The first-order valence-corrected chi connectivity index (χ1v) is 6.54. The second-order valence-corrected chi connectivity index (χ2v) is 4.56. The van der Waals surface area contributed by atoms with Crippen molar-refractivity contribution in [3.8, 4) is 5.75 Å². The van der Waals surface area contributed by atoms with Crippen molar-refractivity contribution in [2.24, 2.45) is 0 Å². The van der Waals surface area contributed by atoms with Gasteiger partial charge in [-0.3, -0.25) is 0 Å². The van der Waals surface area contributed by atoms with Gasteiger partial charge in [0.15, 0.2) is 0 Å². The highest BCUT2D eigenvalue weighted by Crippen LogP contribution is 2.22. The number of H-pyrrole nitrogens is 1. The number of carbonyl (C=O) groups excluding carboxylic acids is 1. The Balaban J connectivity index is 1.71. The standard InChI is InChI=1S/C16H15N3O2/c1-21-12-8-6-11(7-9-12)18-16(20)19-15-10-17-14-5-3-2-4-13(14)15/h2-10,17H,1H3,(H2,18,19,20). The Labute approximate surface area is 121 Å². The number of urea groups is 1. The van der Waals surface area contributed by atoms with Crippen LogP contribution in [-0.2, 0) is 0 Å². The molecule has 0 aliphatic heterocycles. The molecule has 0 saturated heterocycles. The molecule has 106 valence electrons. The van der Waals surface area contributed by atoms with E-state index in [2.05, 4.69) is 15.6 Å². The Morgan fingerprint density at radius 3 is 2.57 bits per heavy atom. The second kappa shape index (κ2) is 5.58. The molecule has 0 aliphatic carbocycles. The molecule has 0 fully saturated rings. The van der Waals surface area contributed by atoms with Gasteiger partial charge in [0.2, 0.25) is 0 Å². The maximum absolute atomic E-state index is 12.0. The van der Waals surface area contributed by atoms with Crippen LogP contribution < -0.4 is 15.4 Å². The molecule has 1 aromatic heterocycles. The smallest absolute Gasteiger partial charge is 0.323 e. The molecule has 0 unspecified atom stereocenters. The molecule has 5 heteroatoms. The minimum Gasteiger partial charge on any atom is -0.497 e. The highest BCUT2D eigenvalue weighted by Gasteiger charge is 2.07. The normalized spacial score (nSPS) is 10.3. The average molecular weight is 281 g/mol. The number of aromatic amines is 1. The van der Waals surface area contributed by atoms with Crippen molar-refractivity contribution >= 4 is 28.3 Å². The molecule has 0 atom stereocenters. The summed E-state index contributed by atoms with van der Waals surface area (Å²) in [5.41, 5.74) is 2.43. The predicted molar refractivity (Wildman–Crippen MR) is 83.9 cm³/mol. The minimum absolute atomic E-state index is 0.287. The molecular formula is C16H15N3O2. The van der Waals surface area contributed by atoms with Crippen molar-refractivity contribution in [3.05, 3.63) is 54.7 Å². The van der Waals surface area contributed by atoms with Crippen LogP contribution in [0, 0.1) is 0 Å². The van der Waals surface area contributed by atoms with E-state index in [4.69, 9.17) is 4.74 Å². The number of benzene rings is 2. The lowest BCUT2D eigenvalue weighted by Crippen LogP contribution is -2.19. The summed E-state index contributed by atoms with van der Waals surface area (Å²) in [5.74, 6) is 0.748. The maximum atomic E-state index is 12.0. The summed E-state index contributed by atoms with van der Waals surface area (Å²) in [6.07, 6.45) is 1.78. The number of para-hydroxylation sites is 1. The van der Waals surface area contributed by atoms with Crippen LogP contribution in [0.25, 0.3) is 10.9 Å². The van der Waals surface area contributed by atoms with Crippen molar-refractivity contribution < 1.29 is 9.53 Å². The summed E-state index contributed by atoms with van der Waals surface area (Å²) in [6, 6.07) is 14.7. The lowest BCUT2D eigenvalue weighted by atomic mass is 10.2. The first kappa shape index (κ1) is 13.1. The minimum atomic E-state index is -0.287. The van der Waals surface area contributed by atoms with E-state index in [0.717, 1.165) is 22.3 Å². The van der Waals surface area contributed by atoms with E-state index in [0.29, 0.717) is 5.69 Å². The van der Waals surface area contributed by atoms with Crippen molar-refractivity contribution in [1.29, 1.82) is 0 Å². The van der Waals surface area contributed by atoms with Crippen LogP contribution in [0.2, 0.25) is 0 Å². The highest BCUT2D eigenvalue weighted by molar-refractivity contribution is 6.05. The Morgan fingerprint density at radius 1 is 1.05 bits per heavy atom. The summed E-state index contributed by atoms with van der Waals surface area (Å²) in [6.45, 7) is 0. The van der Waals surface area contributed by atoms with Crippen LogP contribution in [0.5, 0.6) is 5.75 Å². The number of aromatic nitrogens is 1. The molecule has 2 aromatic carbocycles. The Bertz CT molecular complexity index is 763. The number of nitrogens with one attached hydrogen (secondary N) is 3. The largest absolute Gasteiger partial charge is 0.497 e. The van der Waals surface area contributed by atoms with Crippen LogP contribution in [-0.4, -0.2) is 18.1 Å². The molecule has 1 heterocycles. The van der Waals surface area contributed by atoms with Crippen molar-refractivity contribution in [2.75, 3.05) is 17.7 Å². The van der Waals surface area contributed by atoms with Gasteiger partial charge in [0.1, 0.15) is 5.75 Å². The monoisotopic (exact) mass is 281 g/mol. The lowest BCUT2D eigenvalue weighted by Gasteiger charge is -2.07. The van der Waals surface area contributed by atoms with Gasteiger partial charge >= 0.3 is 6.03 Å². The maximum Gasteiger partial charge on any atom is 0.323 e. The molecular weight excluding hydrogens is 266 g/mol. The van der Waals surface area contributed by atoms with Gasteiger partial charge < -0.3 is 20.4 Å². The zero-order valence-electron chi connectivity index (χ0n) is 11.5. The fraction of sp³-hybridized carbons (Fsp3) is 0.0625. The van der Waals surface area contributed by atoms with Gasteiger partial charge in [0.25, 0.3) is 0 Å². The van der Waals surface area contributed by atoms with Gasteiger partial charge in [-0.1, -0.05) is 18.2 Å². The number of anilines is 2. The molecule has 3 rings (SSSR count). The molecule has 0 saturated carbocycles. The number of methoxy groups -OCH3 is 1. The van der Waals surface area contributed by atoms with Crippen LogP contribution in [0.1, 0.15) is 0 Å². The van der Waals surface area contributed by atoms with E-state index in [9.17, 15) is 4.79 Å². The molecule has 0 aliphatic rings. The second-order valence-electron chi connectivity index (χ2n) is 4.56. The molecule has 3 N–H and O–H groups in total. The van der Waals surface area contributed by atoms with Gasteiger partial charge in [-0.05, 0) is 30.3 Å². The van der Waals surface area contributed by atoms with Gasteiger partial charge in [0, 0.05) is 22.8 Å². The summed E-state index contributed by atoms with van der Waals surface area (Å²) in [7, 11) is 1.60. The van der Waals surface area contributed by atoms with Crippen molar-refractivity contribution in [3.63, 3.8) is 0 Å². The fourth-order valence-electron chi connectivity index (χ4n) is 2.13. The number of rotatable bonds is 3. The van der Waals surface area contributed by atoms with Gasteiger partial charge in [-0.25, -0.2) is 4.79 Å². The molecule has 3 aromatic rings. The van der Waals surface area contributed by atoms with Gasteiger partial charge in [-0.15, -0.1) is 0 Å². The third kappa shape index (κ3) is 2.81.